The van der Waals surface area contributed by atoms with Crippen molar-refractivity contribution in [1.82, 2.24) is 0 Å². The van der Waals surface area contributed by atoms with Crippen LogP contribution in [0.5, 0.6) is 0 Å². The van der Waals surface area contributed by atoms with Crippen molar-refractivity contribution in [2.24, 2.45) is 22.7 Å². The molecule has 2 aliphatic carbocycles. The lowest BCUT2D eigenvalue weighted by molar-refractivity contribution is -0.132. The van der Waals surface area contributed by atoms with Gasteiger partial charge in [-0.3, -0.25) is 9.59 Å². The zero-order valence-corrected chi connectivity index (χ0v) is 21.2. The molecular formula is C28H40O5. The molecule has 1 aliphatic heterocycles. The zero-order chi connectivity index (χ0) is 24.9. The van der Waals surface area contributed by atoms with E-state index in [0.29, 0.717) is 37.0 Å². The molecule has 3 aliphatic rings. The molecule has 5 nitrogen and oxygen atoms in total. The summed E-state index contributed by atoms with van der Waals surface area (Å²) < 4.78 is 6.64. The normalized spacial score (nSPS) is 33.1. The summed E-state index contributed by atoms with van der Waals surface area (Å²) in [5.74, 6) is -0.841. The van der Waals surface area contributed by atoms with Gasteiger partial charge in [-0.15, -0.1) is 0 Å². The number of rotatable bonds is 2. The first kappa shape index (κ1) is 25.5. The van der Waals surface area contributed by atoms with Crippen molar-refractivity contribution in [1.29, 1.82) is 0 Å². The molecule has 0 unspecified atom stereocenters. The van der Waals surface area contributed by atoms with Crippen molar-refractivity contribution in [2.45, 2.75) is 92.3 Å². The van der Waals surface area contributed by atoms with E-state index in [1.54, 1.807) is 27.7 Å². The largest absolute Gasteiger partial charge is 0.507 e. The lowest BCUT2D eigenvalue weighted by atomic mass is 9.67. The van der Waals surface area contributed by atoms with Crippen LogP contribution in [0.4, 0.5) is 0 Å². The summed E-state index contributed by atoms with van der Waals surface area (Å²) in [5.41, 5.74) is -0.543. The number of ether oxygens (including phenoxy) is 1. The predicted octanol–water partition coefficient (Wildman–Crippen LogP) is 5.76. The Balaban J connectivity index is 2.10. The van der Waals surface area contributed by atoms with Crippen LogP contribution < -0.4 is 0 Å². The Kier molecular flexibility index (Phi) is 6.62. The minimum atomic E-state index is -1.04. The summed E-state index contributed by atoms with van der Waals surface area (Å²) in [7, 11) is 0. The van der Waals surface area contributed by atoms with Gasteiger partial charge in [0, 0.05) is 23.8 Å². The number of hydrogen-bond donors (Lipinski definition) is 2. The fourth-order valence-corrected chi connectivity index (χ4v) is 5.30. The molecule has 5 heteroatoms. The van der Waals surface area contributed by atoms with Crippen LogP contribution in [0.15, 0.2) is 47.0 Å². The van der Waals surface area contributed by atoms with Gasteiger partial charge in [0.1, 0.15) is 22.7 Å². The predicted molar refractivity (Wildman–Crippen MR) is 129 cm³/mol. The first-order chi connectivity index (χ1) is 15.1. The second-order valence-corrected chi connectivity index (χ2v) is 11.8. The number of Topliss-reactive ketones (excluding diaryl/α,β-unsaturated/α-hetero) is 2. The Morgan fingerprint density at radius 3 is 2.45 bits per heavy atom. The van der Waals surface area contributed by atoms with Crippen LogP contribution in [-0.4, -0.2) is 33.5 Å². The Hall–Kier alpha value is -2.14. The third-order valence-corrected chi connectivity index (χ3v) is 7.68. The molecule has 0 aromatic carbocycles. The molecule has 0 spiro atoms. The maximum atomic E-state index is 13.3. The number of fused-ring (bicyclic) bond motifs is 1. The smallest absolute Gasteiger partial charge is 0.183 e. The van der Waals surface area contributed by atoms with Crippen LogP contribution in [0.2, 0.25) is 0 Å². The Morgan fingerprint density at radius 1 is 1.21 bits per heavy atom. The van der Waals surface area contributed by atoms with Crippen molar-refractivity contribution in [3.05, 3.63) is 47.0 Å². The number of hydrogen-bond acceptors (Lipinski definition) is 5. The second kappa shape index (κ2) is 8.57. The van der Waals surface area contributed by atoms with Crippen LogP contribution in [0.1, 0.15) is 80.6 Å². The standard InChI is InChI=1S/C28H40O5/c1-16(2)22(30)21-23(31)19-14-18-11-10-17(3)20(29)15-26(4,5)12-9-13-28(18,8)33-25(19)27(6,7)24(21)32/h9,12,16,18,20,29,31H,3,10-11,13-15H2,1-2,4-8H3/b12-9+/t18-,20+,28+/m0/s1. The maximum Gasteiger partial charge on any atom is 0.183 e. The van der Waals surface area contributed by atoms with Gasteiger partial charge < -0.3 is 14.9 Å². The van der Waals surface area contributed by atoms with Gasteiger partial charge in [0.2, 0.25) is 0 Å². The highest BCUT2D eigenvalue weighted by Gasteiger charge is 2.52. The third-order valence-electron chi connectivity index (χ3n) is 7.68. The molecule has 0 aromatic rings. The fraction of sp³-hybridized carbons (Fsp3) is 0.643. The minimum Gasteiger partial charge on any atom is -0.507 e. The van der Waals surface area contributed by atoms with Gasteiger partial charge in [-0.05, 0) is 57.4 Å². The van der Waals surface area contributed by atoms with Crippen LogP contribution in [0.25, 0.3) is 0 Å². The molecule has 0 amide bonds. The van der Waals surface area contributed by atoms with Crippen LogP contribution in [-0.2, 0) is 14.3 Å². The van der Waals surface area contributed by atoms with E-state index in [-0.39, 0.29) is 34.2 Å². The van der Waals surface area contributed by atoms with E-state index in [4.69, 9.17) is 4.74 Å². The van der Waals surface area contributed by atoms with Crippen LogP contribution in [0.3, 0.4) is 0 Å². The molecule has 0 fully saturated rings. The number of aliphatic hydroxyl groups is 2. The van der Waals surface area contributed by atoms with Gasteiger partial charge in [-0.1, -0.05) is 46.4 Å². The maximum absolute atomic E-state index is 13.3. The molecule has 3 rings (SSSR count). The monoisotopic (exact) mass is 456 g/mol. The van der Waals surface area contributed by atoms with Crippen molar-refractivity contribution < 1.29 is 24.5 Å². The summed E-state index contributed by atoms with van der Waals surface area (Å²) >= 11 is 0. The van der Waals surface area contributed by atoms with E-state index in [9.17, 15) is 19.8 Å². The molecule has 33 heavy (non-hydrogen) atoms. The number of carbonyl (C=O) groups is 2. The van der Waals surface area contributed by atoms with E-state index in [1.165, 1.54) is 0 Å². The Morgan fingerprint density at radius 2 is 1.85 bits per heavy atom. The van der Waals surface area contributed by atoms with Crippen LogP contribution >= 0.6 is 0 Å². The number of allylic oxidation sites excluding steroid dienone is 4. The summed E-state index contributed by atoms with van der Waals surface area (Å²) in [6.07, 6.45) is 6.78. The van der Waals surface area contributed by atoms with E-state index in [1.807, 2.05) is 0 Å². The third kappa shape index (κ3) is 4.62. The molecule has 0 bridgehead atoms. The Bertz CT molecular complexity index is 959. The van der Waals surface area contributed by atoms with Gasteiger partial charge in [-0.25, -0.2) is 0 Å². The van der Waals surface area contributed by atoms with Crippen molar-refractivity contribution in [3.63, 3.8) is 0 Å². The van der Waals surface area contributed by atoms with Gasteiger partial charge in [-0.2, -0.15) is 0 Å². The quantitative estimate of drug-likeness (QED) is 0.408. The summed E-state index contributed by atoms with van der Waals surface area (Å²) in [6, 6.07) is 0. The summed E-state index contributed by atoms with van der Waals surface area (Å²) in [4.78, 5) is 26.2. The number of aliphatic hydroxyl groups excluding tert-OH is 2. The number of ketones is 2. The molecule has 0 radical (unpaired) electrons. The van der Waals surface area contributed by atoms with E-state index >= 15 is 0 Å². The van der Waals surface area contributed by atoms with Crippen molar-refractivity contribution in [3.8, 4) is 0 Å². The molecule has 182 valence electrons. The lowest BCUT2D eigenvalue weighted by Gasteiger charge is -2.48. The highest BCUT2D eigenvalue weighted by atomic mass is 16.5. The Labute approximate surface area is 198 Å². The number of carbonyl (C=O) groups excluding carboxylic acids is 2. The SMILES string of the molecule is C=C1CC[C@H]2CC3=C(O[C@]2(C)C/C=C/C(C)(C)C[C@H]1O)C(C)(C)C(=O)C(C(=O)C(C)C)=C3O. The average molecular weight is 457 g/mol. The van der Waals surface area contributed by atoms with Gasteiger partial charge in [0.25, 0.3) is 0 Å². The fourth-order valence-electron chi connectivity index (χ4n) is 5.30. The van der Waals surface area contributed by atoms with Crippen LogP contribution in [0, 0.1) is 22.7 Å². The molecule has 0 saturated heterocycles. The average Bonchev–Trinajstić information content (AvgIpc) is 2.71. The molecule has 0 aromatic heterocycles. The van der Waals surface area contributed by atoms with Gasteiger partial charge >= 0.3 is 0 Å². The second-order valence-electron chi connectivity index (χ2n) is 11.8. The van der Waals surface area contributed by atoms with E-state index in [0.717, 1.165) is 12.0 Å². The first-order valence-electron chi connectivity index (χ1n) is 12.1. The molecule has 1 heterocycles. The minimum absolute atomic E-state index is 0.0209. The molecule has 3 atom stereocenters. The topological polar surface area (TPSA) is 83.8 Å². The van der Waals surface area contributed by atoms with Gasteiger partial charge in [0.05, 0.1) is 11.5 Å². The zero-order valence-electron chi connectivity index (χ0n) is 21.2. The van der Waals surface area contributed by atoms with E-state index in [2.05, 4.69) is 39.5 Å². The first-order valence-corrected chi connectivity index (χ1v) is 12.1. The van der Waals surface area contributed by atoms with Gasteiger partial charge in [0.15, 0.2) is 11.6 Å². The van der Waals surface area contributed by atoms with Crippen molar-refractivity contribution >= 4 is 11.6 Å². The molecular weight excluding hydrogens is 416 g/mol. The molecule has 2 N–H and O–H groups in total. The highest BCUT2D eigenvalue weighted by Crippen LogP contribution is 2.52. The lowest BCUT2D eigenvalue weighted by Crippen LogP contribution is -2.48. The highest BCUT2D eigenvalue weighted by molar-refractivity contribution is 6.24. The summed E-state index contributed by atoms with van der Waals surface area (Å²) in [5, 5.41) is 21.8. The molecule has 0 saturated carbocycles. The van der Waals surface area contributed by atoms with E-state index < -0.39 is 23.0 Å². The summed E-state index contributed by atoms with van der Waals surface area (Å²) in [6.45, 7) is 17.4. The van der Waals surface area contributed by atoms with Crippen molar-refractivity contribution in [2.75, 3.05) is 0 Å².